The number of hydrogen-bond acceptors (Lipinski definition) is 6. The molecule has 2 aromatic carbocycles. The first kappa shape index (κ1) is 17.0. The van der Waals surface area contributed by atoms with Crippen molar-refractivity contribution in [3.8, 4) is 5.75 Å². The predicted octanol–water partition coefficient (Wildman–Crippen LogP) is 3.23. The number of thioether (sulfide) groups is 1. The summed E-state index contributed by atoms with van der Waals surface area (Å²) < 4.78 is 6.65. The Bertz CT molecular complexity index is 998. The molecule has 0 saturated carbocycles. The van der Waals surface area contributed by atoms with E-state index in [2.05, 4.69) is 15.3 Å². The second-order valence-electron chi connectivity index (χ2n) is 5.58. The Balaban J connectivity index is 1.72. The van der Waals surface area contributed by atoms with Crippen LogP contribution in [-0.4, -0.2) is 33.1 Å². The molecule has 27 heavy (non-hydrogen) atoms. The van der Waals surface area contributed by atoms with Crippen LogP contribution in [0.15, 0.2) is 77.3 Å². The number of rotatable bonds is 4. The number of amides is 1. The summed E-state index contributed by atoms with van der Waals surface area (Å²) in [6, 6.07) is 16.9. The van der Waals surface area contributed by atoms with Crippen molar-refractivity contribution in [3.05, 3.63) is 77.7 Å². The molecule has 134 valence electrons. The number of methoxy groups -OCH3 is 1. The molecule has 1 saturated heterocycles. The van der Waals surface area contributed by atoms with Crippen molar-refractivity contribution in [2.75, 3.05) is 12.0 Å². The SMILES string of the molecule is COc1ccc(/C=C2\S/C(=N\n3cnnc3)N(c3ccccc3)C2=O)cc1. The molecule has 1 aromatic heterocycles. The largest absolute Gasteiger partial charge is 0.497 e. The lowest BCUT2D eigenvalue weighted by Crippen LogP contribution is -2.29. The smallest absolute Gasteiger partial charge is 0.271 e. The first-order valence-corrected chi connectivity index (χ1v) is 8.93. The minimum absolute atomic E-state index is 0.131. The maximum absolute atomic E-state index is 13.1. The van der Waals surface area contributed by atoms with E-state index in [0.29, 0.717) is 10.1 Å². The highest BCUT2D eigenvalue weighted by atomic mass is 32.2. The fourth-order valence-electron chi connectivity index (χ4n) is 2.54. The predicted molar refractivity (Wildman–Crippen MR) is 105 cm³/mol. The van der Waals surface area contributed by atoms with E-state index in [-0.39, 0.29) is 5.91 Å². The summed E-state index contributed by atoms with van der Waals surface area (Å²) in [7, 11) is 1.62. The Morgan fingerprint density at radius 3 is 2.41 bits per heavy atom. The summed E-state index contributed by atoms with van der Waals surface area (Å²) in [6.45, 7) is 0. The Hall–Kier alpha value is -3.39. The third-order valence-electron chi connectivity index (χ3n) is 3.84. The highest BCUT2D eigenvalue weighted by Gasteiger charge is 2.35. The van der Waals surface area contributed by atoms with Gasteiger partial charge in [-0.2, -0.15) is 0 Å². The first-order chi connectivity index (χ1) is 13.2. The molecule has 4 rings (SSSR count). The van der Waals surface area contributed by atoms with Gasteiger partial charge in [-0.1, -0.05) is 30.3 Å². The lowest BCUT2D eigenvalue weighted by atomic mass is 10.2. The minimum Gasteiger partial charge on any atom is -0.497 e. The van der Waals surface area contributed by atoms with Crippen LogP contribution < -0.4 is 9.64 Å². The van der Waals surface area contributed by atoms with Gasteiger partial charge in [0.05, 0.1) is 17.7 Å². The maximum Gasteiger partial charge on any atom is 0.271 e. The van der Waals surface area contributed by atoms with Crippen LogP contribution in [0.1, 0.15) is 5.56 Å². The third-order valence-corrected chi connectivity index (χ3v) is 4.80. The zero-order valence-electron chi connectivity index (χ0n) is 14.4. The highest BCUT2D eigenvalue weighted by Crippen LogP contribution is 2.36. The van der Waals surface area contributed by atoms with Crippen molar-refractivity contribution in [1.29, 1.82) is 0 Å². The van der Waals surface area contributed by atoms with Gasteiger partial charge in [-0.3, -0.25) is 9.69 Å². The van der Waals surface area contributed by atoms with E-state index in [1.54, 1.807) is 12.0 Å². The van der Waals surface area contributed by atoms with Gasteiger partial charge >= 0.3 is 0 Å². The second-order valence-corrected chi connectivity index (χ2v) is 6.59. The summed E-state index contributed by atoms with van der Waals surface area (Å²) in [6.07, 6.45) is 4.80. The first-order valence-electron chi connectivity index (χ1n) is 8.11. The van der Waals surface area contributed by atoms with Crippen LogP contribution in [0.2, 0.25) is 0 Å². The van der Waals surface area contributed by atoms with Crippen LogP contribution in [0.4, 0.5) is 5.69 Å². The molecule has 8 heteroatoms. The summed E-state index contributed by atoms with van der Waals surface area (Å²) in [4.78, 5) is 15.2. The molecule has 1 amide bonds. The van der Waals surface area contributed by atoms with Crippen LogP contribution >= 0.6 is 11.8 Å². The molecule has 3 aromatic rings. The highest BCUT2D eigenvalue weighted by molar-refractivity contribution is 8.19. The van der Waals surface area contributed by atoms with Crippen LogP contribution in [-0.2, 0) is 4.79 Å². The van der Waals surface area contributed by atoms with Crippen molar-refractivity contribution in [3.63, 3.8) is 0 Å². The van der Waals surface area contributed by atoms with Gasteiger partial charge < -0.3 is 4.74 Å². The zero-order valence-corrected chi connectivity index (χ0v) is 15.2. The van der Waals surface area contributed by atoms with Crippen LogP contribution in [0.3, 0.4) is 0 Å². The monoisotopic (exact) mass is 377 g/mol. The van der Waals surface area contributed by atoms with Crippen molar-refractivity contribution in [1.82, 2.24) is 14.9 Å². The van der Waals surface area contributed by atoms with Gasteiger partial charge in [-0.05, 0) is 47.7 Å². The lowest BCUT2D eigenvalue weighted by Gasteiger charge is -2.15. The van der Waals surface area contributed by atoms with Crippen molar-refractivity contribution in [2.24, 2.45) is 5.10 Å². The fourth-order valence-corrected chi connectivity index (χ4v) is 3.53. The zero-order chi connectivity index (χ0) is 18.6. The Kier molecular flexibility index (Phi) is 4.71. The van der Waals surface area contributed by atoms with Gasteiger partial charge in [0, 0.05) is 0 Å². The molecule has 1 aliphatic rings. The second kappa shape index (κ2) is 7.46. The number of ether oxygens (including phenoxy) is 1. The number of carbonyl (C=O) groups excluding carboxylic acids is 1. The number of amidine groups is 1. The molecule has 1 fully saturated rings. The Morgan fingerprint density at radius 1 is 1.04 bits per heavy atom. The van der Waals surface area contributed by atoms with Gasteiger partial charge in [0.25, 0.3) is 5.91 Å². The summed E-state index contributed by atoms with van der Waals surface area (Å²) in [5.41, 5.74) is 1.66. The molecule has 1 aliphatic heterocycles. The number of aromatic nitrogens is 3. The molecule has 0 bridgehead atoms. The quantitative estimate of drug-likeness (QED) is 0.653. The van der Waals surface area contributed by atoms with Gasteiger partial charge in [0.1, 0.15) is 18.4 Å². The van der Waals surface area contributed by atoms with E-state index in [0.717, 1.165) is 17.0 Å². The van der Waals surface area contributed by atoms with Gasteiger partial charge in [-0.15, -0.1) is 15.3 Å². The Labute approximate surface area is 160 Å². The maximum atomic E-state index is 13.1. The standard InChI is InChI=1S/C19H15N5O2S/c1-26-16-9-7-14(8-10-16)11-17-18(25)24(15-5-3-2-4-6-15)19(27-17)22-23-12-20-21-13-23/h2-13H,1H3/b17-11-,22-19-. The summed E-state index contributed by atoms with van der Waals surface area (Å²) in [5.74, 6) is 0.636. The van der Waals surface area contributed by atoms with Crippen molar-refractivity contribution in [2.45, 2.75) is 0 Å². The molecular formula is C19H15N5O2S. The topological polar surface area (TPSA) is 72.6 Å². The van der Waals surface area contributed by atoms with E-state index in [4.69, 9.17) is 4.74 Å². The third kappa shape index (κ3) is 3.61. The van der Waals surface area contributed by atoms with Crippen molar-refractivity contribution >= 4 is 34.6 Å². The van der Waals surface area contributed by atoms with Crippen LogP contribution in [0.25, 0.3) is 6.08 Å². The fraction of sp³-hybridized carbons (Fsp3) is 0.0526. The normalized spacial score (nSPS) is 17.1. The summed E-state index contributed by atoms with van der Waals surface area (Å²) >= 11 is 1.30. The summed E-state index contributed by atoms with van der Waals surface area (Å²) in [5, 5.41) is 12.5. The average Bonchev–Trinajstić information content (AvgIpc) is 3.32. The Morgan fingerprint density at radius 2 is 1.74 bits per heavy atom. The number of anilines is 1. The minimum atomic E-state index is -0.131. The van der Waals surface area contributed by atoms with Gasteiger partial charge in [-0.25, -0.2) is 4.68 Å². The molecule has 0 N–H and O–H groups in total. The molecule has 0 unspecified atom stereocenters. The molecule has 0 radical (unpaired) electrons. The van der Waals surface area contributed by atoms with E-state index in [9.17, 15) is 4.79 Å². The molecule has 0 aliphatic carbocycles. The molecule has 0 atom stereocenters. The van der Waals surface area contributed by atoms with Crippen molar-refractivity contribution < 1.29 is 9.53 Å². The van der Waals surface area contributed by atoms with Crippen LogP contribution in [0.5, 0.6) is 5.75 Å². The number of benzene rings is 2. The van der Waals surface area contributed by atoms with Gasteiger partial charge in [0.15, 0.2) is 0 Å². The van der Waals surface area contributed by atoms with E-state index in [1.807, 2.05) is 60.7 Å². The number of para-hydroxylation sites is 1. The van der Waals surface area contributed by atoms with E-state index >= 15 is 0 Å². The van der Waals surface area contributed by atoms with Crippen LogP contribution in [0, 0.1) is 0 Å². The molecular weight excluding hydrogens is 362 g/mol. The molecule has 7 nitrogen and oxygen atoms in total. The van der Waals surface area contributed by atoms with Gasteiger partial charge in [0.2, 0.25) is 5.17 Å². The average molecular weight is 377 g/mol. The lowest BCUT2D eigenvalue weighted by molar-refractivity contribution is -0.113. The molecule has 0 spiro atoms. The van der Waals surface area contributed by atoms with E-state index < -0.39 is 0 Å². The number of hydrogen-bond donors (Lipinski definition) is 0. The molecule has 2 heterocycles. The number of nitrogens with zero attached hydrogens (tertiary/aromatic N) is 5. The van der Waals surface area contributed by atoms with E-state index in [1.165, 1.54) is 29.1 Å². The number of carbonyl (C=O) groups is 1.